The van der Waals surface area contributed by atoms with E-state index >= 15 is 0 Å². The molecule has 1 aliphatic heterocycles. The van der Waals surface area contributed by atoms with Gasteiger partial charge in [-0.25, -0.2) is 0 Å². The molecule has 0 amide bonds. The fraction of sp³-hybridized carbons (Fsp3) is 0.500. The van der Waals surface area contributed by atoms with E-state index in [4.69, 9.17) is 4.74 Å². The van der Waals surface area contributed by atoms with Crippen LogP contribution in [0.25, 0.3) is 0 Å². The highest BCUT2D eigenvalue weighted by atomic mass is 79.9. The van der Waals surface area contributed by atoms with Crippen molar-refractivity contribution in [3.05, 3.63) is 38.3 Å². The van der Waals surface area contributed by atoms with Gasteiger partial charge in [-0.3, -0.25) is 10.1 Å². The van der Waals surface area contributed by atoms with E-state index in [-0.39, 0.29) is 10.6 Å². The summed E-state index contributed by atoms with van der Waals surface area (Å²) in [5, 5.41) is 14.1. The molecule has 18 heavy (non-hydrogen) atoms. The number of hydrogen-bond donors (Lipinski definition) is 1. The minimum absolute atomic E-state index is 0.110. The van der Waals surface area contributed by atoms with Gasteiger partial charge in [-0.1, -0.05) is 12.1 Å². The third-order valence-electron chi connectivity index (χ3n) is 3.03. The first-order chi connectivity index (χ1) is 8.68. The van der Waals surface area contributed by atoms with E-state index in [0.717, 1.165) is 31.7 Å². The molecule has 1 saturated heterocycles. The predicted octanol–water partition coefficient (Wildman–Crippen LogP) is 2.48. The SMILES string of the molecule is O=[N+]([O-])c1cccc(CNCC2CCOC2)c1Br. The highest BCUT2D eigenvalue weighted by molar-refractivity contribution is 9.10. The van der Waals surface area contributed by atoms with Gasteiger partial charge in [-0.2, -0.15) is 0 Å². The molecule has 5 nitrogen and oxygen atoms in total. The monoisotopic (exact) mass is 314 g/mol. The first kappa shape index (κ1) is 13.5. The fourth-order valence-electron chi connectivity index (χ4n) is 2.00. The molecule has 1 unspecified atom stereocenters. The average Bonchev–Trinajstić information content (AvgIpc) is 2.84. The molecule has 1 fully saturated rings. The molecule has 98 valence electrons. The number of rotatable bonds is 5. The third-order valence-corrected chi connectivity index (χ3v) is 3.94. The maximum absolute atomic E-state index is 10.8. The van der Waals surface area contributed by atoms with Crippen LogP contribution in [-0.2, 0) is 11.3 Å². The maximum atomic E-state index is 10.8. The first-order valence-corrected chi connectivity index (χ1v) is 6.68. The Morgan fingerprint density at radius 3 is 3.06 bits per heavy atom. The second kappa shape index (κ2) is 6.26. The van der Waals surface area contributed by atoms with Crippen molar-refractivity contribution >= 4 is 21.6 Å². The molecule has 0 radical (unpaired) electrons. The number of benzene rings is 1. The summed E-state index contributed by atoms with van der Waals surface area (Å²) in [7, 11) is 0. The molecular weight excluding hydrogens is 300 g/mol. The largest absolute Gasteiger partial charge is 0.381 e. The number of hydrogen-bond acceptors (Lipinski definition) is 4. The van der Waals surface area contributed by atoms with Gasteiger partial charge in [0, 0.05) is 25.8 Å². The summed E-state index contributed by atoms with van der Waals surface area (Å²) < 4.78 is 5.86. The molecule has 1 atom stereocenters. The number of halogens is 1. The Morgan fingerprint density at radius 2 is 2.39 bits per heavy atom. The van der Waals surface area contributed by atoms with Gasteiger partial charge >= 0.3 is 0 Å². The lowest BCUT2D eigenvalue weighted by atomic mass is 10.1. The van der Waals surface area contributed by atoms with Gasteiger partial charge in [0.05, 0.1) is 16.0 Å². The second-order valence-electron chi connectivity index (χ2n) is 4.37. The standard InChI is InChI=1S/C12H15BrN2O3/c13-12-10(2-1-3-11(12)15(16)17)7-14-6-9-4-5-18-8-9/h1-3,9,14H,4-8H2. The van der Waals surface area contributed by atoms with E-state index in [9.17, 15) is 10.1 Å². The van der Waals surface area contributed by atoms with E-state index in [1.165, 1.54) is 6.07 Å². The molecule has 0 spiro atoms. The zero-order valence-electron chi connectivity index (χ0n) is 9.89. The van der Waals surface area contributed by atoms with Gasteiger partial charge in [-0.05, 0) is 33.8 Å². The molecule has 0 saturated carbocycles. The van der Waals surface area contributed by atoms with Crippen LogP contribution >= 0.6 is 15.9 Å². The van der Waals surface area contributed by atoms with Crippen LogP contribution in [0.3, 0.4) is 0 Å². The van der Waals surface area contributed by atoms with Gasteiger partial charge < -0.3 is 10.1 Å². The molecule has 1 aliphatic rings. The van der Waals surface area contributed by atoms with Crippen LogP contribution < -0.4 is 5.32 Å². The number of ether oxygens (including phenoxy) is 1. The molecule has 6 heteroatoms. The summed E-state index contributed by atoms with van der Waals surface area (Å²) in [6, 6.07) is 5.09. The number of nitrogens with zero attached hydrogens (tertiary/aromatic N) is 1. The third kappa shape index (κ3) is 3.28. The van der Waals surface area contributed by atoms with Crippen LogP contribution in [0.5, 0.6) is 0 Å². The van der Waals surface area contributed by atoms with Gasteiger partial charge in [0.15, 0.2) is 0 Å². The van der Waals surface area contributed by atoms with Crippen molar-refractivity contribution in [2.24, 2.45) is 5.92 Å². The zero-order valence-corrected chi connectivity index (χ0v) is 11.5. The lowest BCUT2D eigenvalue weighted by molar-refractivity contribution is -0.385. The lowest BCUT2D eigenvalue weighted by Gasteiger charge is -2.10. The molecule has 0 aliphatic carbocycles. The van der Waals surface area contributed by atoms with Gasteiger partial charge in [-0.15, -0.1) is 0 Å². The van der Waals surface area contributed by atoms with Crippen LogP contribution in [0.4, 0.5) is 5.69 Å². The van der Waals surface area contributed by atoms with Crippen LogP contribution in [-0.4, -0.2) is 24.7 Å². The zero-order chi connectivity index (χ0) is 13.0. The molecule has 2 rings (SSSR count). The molecular formula is C12H15BrN2O3. The molecule has 1 aromatic rings. The summed E-state index contributed by atoms with van der Waals surface area (Å²) in [4.78, 5) is 10.4. The van der Waals surface area contributed by atoms with Gasteiger partial charge in [0.2, 0.25) is 0 Å². The van der Waals surface area contributed by atoms with Crippen molar-refractivity contribution in [2.75, 3.05) is 19.8 Å². The maximum Gasteiger partial charge on any atom is 0.283 e. The number of nitro groups is 1. The van der Waals surface area contributed by atoms with Crippen LogP contribution in [0, 0.1) is 16.0 Å². The van der Waals surface area contributed by atoms with Crippen molar-refractivity contribution in [3.63, 3.8) is 0 Å². The van der Waals surface area contributed by atoms with Crippen molar-refractivity contribution in [1.29, 1.82) is 0 Å². The second-order valence-corrected chi connectivity index (χ2v) is 5.16. The van der Waals surface area contributed by atoms with Crippen molar-refractivity contribution < 1.29 is 9.66 Å². The van der Waals surface area contributed by atoms with E-state index in [2.05, 4.69) is 21.2 Å². The van der Waals surface area contributed by atoms with E-state index in [1.807, 2.05) is 6.07 Å². The van der Waals surface area contributed by atoms with Crippen LogP contribution in [0.15, 0.2) is 22.7 Å². The molecule has 1 N–H and O–H groups in total. The van der Waals surface area contributed by atoms with Crippen LogP contribution in [0.2, 0.25) is 0 Å². The smallest absolute Gasteiger partial charge is 0.283 e. The Hall–Kier alpha value is -0.980. The van der Waals surface area contributed by atoms with E-state index in [1.54, 1.807) is 6.07 Å². The molecule has 1 heterocycles. The molecule has 0 aromatic heterocycles. The number of nitro benzene ring substituents is 1. The Bertz CT molecular complexity index is 433. The highest BCUT2D eigenvalue weighted by Crippen LogP contribution is 2.28. The summed E-state index contributed by atoms with van der Waals surface area (Å²) in [6.07, 6.45) is 1.09. The minimum Gasteiger partial charge on any atom is -0.381 e. The summed E-state index contributed by atoms with van der Waals surface area (Å²) in [5.41, 5.74) is 1.02. The molecule has 0 bridgehead atoms. The van der Waals surface area contributed by atoms with Crippen LogP contribution in [0.1, 0.15) is 12.0 Å². The quantitative estimate of drug-likeness (QED) is 0.670. The highest BCUT2D eigenvalue weighted by Gasteiger charge is 2.17. The van der Waals surface area contributed by atoms with E-state index < -0.39 is 0 Å². The van der Waals surface area contributed by atoms with Crippen molar-refractivity contribution in [3.8, 4) is 0 Å². The molecule has 1 aromatic carbocycles. The Balaban J connectivity index is 1.92. The average molecular weight is 315 g/mol. The Labute approximate surface area is 114 Å². The Kier molecular flexibility index (Phi) is 4.68. The number of nitrogens with one attached hydrogen (secondary N) is 1. The van der Waals surface area contributed by atoms with Gasteiger partial charge in [0.25, 0.3) is 5.69 Å². The summed E-state index contributed by atoms with van der Waals surface area (Å²) in [5.74, 6) is 0.558. The Morgan fingerprint density at radius 1 is 1.56 bits per heavy atom. The minimum atomic E-state index is -0.377. The topological polar surface area (TPSA) is 64.4 Å². The normalized spacial score (nSPS) is 19.1. The fourth-order valence-corrected chi connectivity index (χ4v) is 2.55. The predicted molar refractivity (Wildman–Crippen MR) is 71.4 cm³/mol. The van der Waals surface area contributed by atoms with Crippen molar-refractivity contribution in [2.45, 2.75) is 13.0 Å². The lowest BCUT2D eigenvalue weighted by Crippen LogP contribution is -2.22. The summed E-state index contributed by atoms with van der Waals surface area (Å²) in [6.45, 7) is 3.16. The van der Waals surface area contributed by atoms with Crippen molar-refractivity contribution in [1.82, 2.24) is 5.32 Å². The van der Waals surface area contributed by atoms with E-state index in [0.29, 0.717) is 16.9 Å². The summed E-state index contributed by atoms with van der Waals surface area (Å²) >= 11 is 3.29. The van der Waals surface area contributed by atoms with Gasteiger partial charge in [0.1, 0.15) is 0 Å². The first-order valence-electron chi connectivity index (χ1n) is 5.88.